The summed E-state index contributed by atoms with van der Waals surface area (Å²) in [6, 6.07) is 12.7. The van der Waals surface area contributed by atoms with Gasteiger partial charge in [-0.15, -0.1) is 0 Å². The summed E-state index contributed by atoms with van der Waals surface area (Å²) in [5, 5.41) is 5.32. The minimum atomic E-state index is -0.951. The molecule has 0 fully saturated rings. The predicted molar refractivity (Wildman–Crippen MR) is 98.0 cm³/mol. The van der Waals surface area contributed by atoms with Crippen LogP contribution in [0.1, 0.15) is 30.1 Å². The Balaban J connectivity index is 2.03. The fourth-order valence-electron chi connectivity index (χ4n) is 2.84. The maximum absolute atomic E-state index is 11.6. The van der Waals surface area contributed by atoms with E-state index in [0.717, 1.165) is 5.69 Å². The van der Waals surface area contributed by atoms with Crippen LogP contribution in [0, 0.1) is 0 Å². The first-order chi connectivity index (χ1) is 12.5. The van der Waals surface area contributed by atoms with E-state index >= 15 is 0 Å². The van der Waals surface area contributed by atoms with Gasteiger partial charge in [0.1, 0.15) is 6.33 Å². The number of esters is 1. The second-order valence-electron chi connectivity index (χ2n) is 5.61. The zero-order chi connectivity index (χ0) is 18.3. The van der Waals surface area contributed by atoms with Crippen molar-refractivity contribution in [2.45, 2.75) is 13.2 Å². The van der Waals surface area contributed by atoms with Gasteiger partial charge in [-0.1, -0.05) is 41.4 Å². The van der Waals surface area contributed by atoms with Gasteiger partial charge in [0.05, 0.1) is 11.4 Å². The highest BCUT2D eigenvalue weighted by Gasteiger charge is 2.29. The van der Waals surface area contributed by atoms with Crippen LogP contribution in [0.25, 0.3) is 5.69 Å². The normalized spacial score (nSPS) is 15.5. The van der Waals surface area contributed by atoms with Crippen molar-refractivity contribution in [1.29, 1.82) is 0 Å². The number of halogens is 2. The molecule has 2 heterocycles. The Hall–Kier alpha value is -2.70. The first-order valence-corrected chi connectivity index (χ1v) is 8.50. The number of fused-ring (bicyclic) bond motifs is 3. The number of aliphatic imine (C=N–C) groups is 1. The Morgan fingerprint density at radius 1 is 1.15 bits per heavy atom. The number of aromatic nitrogens is 3. The molecule has 1 aliphatic heterocycles. The summed E-state index contributed by atoms with van der Waals surface area (Å²) in [6.45, 7) is 1.32. The van der Waals surface area contributed by atoms with Gasteiger partial charge in [0, 0.05) is 28.1 Å². The largest absolute Gasteiger partial charge is 0.432 e. The molecule has 3 aromatic rings. The SMILES string of the molecule is CC(=O)OC1N=C(c2ccccc2Cl)c2cc(Cl)ccc2-n2ncnc21. The molecular weight excluding hydrogens is 375 g/mol. The lowest BCUT2D eigenvalue weighted by Crippen LogP contribution is -2.12. The zero-order valence-electron chi connectivity index (χ0n) is 13.6. The van der Waals surface area contributed by atoms with Crippen LogP contribution in [0.3, 0.4) is 0 Å². The quantitative estimate of drug-likeness (QED) is 0.624. The van der Waals surface area contributed by atoms with Crippen LogP contribution in [0.5, 0.6) is 0 Å². The monoisotopic (exact) mass is 386 g/mol. The van der Waals surface area contributed by atoms with Crippen LogP contribution in [-0.4, -0.2) is 26.4 Å². The van der Waals surface area contributed by atoms with Gasteiger partial charge in [0.25, 0.3) is 6.23 Å². The van der Waals surface area contributed by atoms with Crippen molar-refractivity contribution in [3.05, 3.63) is 75.8 Å². The molecule has 26 heavy (non-hydrogen) atoms. The summed E-state index contributed by atoms with van der Waals surface area (Å²) >= 11 is 12.6. The fourth-order valence-corrected chi connectivity index (χ4v) is 3.23. The topological polar surface area (TPSA) is 69.4 Å². The van der Waals surface area contributed by atoms with E-state index in [4.69, 9.17) is 27.9 Å². The Labute approximate surface area is 159 Å². The summed E-state index contributed by atoms with van der Waals surface area (Å²) < 4.78 is 6.97. The Morgan fingerprint density at radius 2 is 1.96 bits per heavy atom. The number of nitrogens with zero attached hydrogens (tertiary/aromatic N) is 4. The van der Waals surface area contributed by atoms with Crippen molar-refractivity contribution in [2.24, 2.45) is 4.99 Å². The first kappa shape index (κ1) is 16.8. The third-order valence-corrected chi connectivity index (χ3v) is 4.45. The van der Waals surface area contributed by atoms with E-state index in [1.54, 1.807) is 22.9 Å². The first-order valence-electron chi connectivity index (χ1n) is 7.74. The van der Waals surface area contributed by atoms with Crippen molar-refractivity contribution in [3.8, 4) is 5.69 Å². The molecule has 0 radical (unpaired) electrons. The maximum Gasteiger partial charge on any atom is 0.304 e. The van der Waals surface area contributed by atoms with Gasteiger partial charge in [0.2, 0.25) is 0 Å². The molecule has 2 aromatic carbocycles. The number of carbonyl (C=O) groups is 1. The van der Waals surface area contributed by atoms with E-state index < -0.39 is 12.2 Å². The molecule has 1 atom stereocenters. The van der Waals surface area contributed by atoms with Crippen LogP contribution in [-0.2, 0) is 9.53 Å². The highest BCUT2D eigenvalue weighted by Crippen LogP contribution is 2.33. The minimum absolute atomic E-state index is 0.394. The van der Waals surface area contributed by atoms with Gasteiger partial charge in [-0.2, -0.15) is 5.10 Å². The standard InChI is InChI=1S/C18H12Cl2N4O2/c1-10(25)26-18-17-21-9-22-24(17)15-7-6-11(19)8-13(15)16(23-18)12-4-2-3-5-14(12)20/h2-9,18H,1H3. The van der Waals surface area contributed by atoms with Crippen molar-refractivity contribution >= 4 is 34.9 Å². The summed E-state index contributed by atoms with van der Waals surface area (Å²) in [7, 11) is 0. The Bertz CT molecular complexity index is 1050. The number of carbonyl (C=O) groups excluding carboxylic acids is 1. The number of hydrogen-bond acceptors (Lipinski definition) is 5. The summed E-state index contributed by atoms with van der Waals surface area (Å²) in [5.74, 6) is -0.0818. The molecule has 0 amide bonds. The highest BCUT2D eigenvalue weighted by atomic mass is 35.5. The van der Waals surface area contributed by atoms with Gasteiger partial charge in [-0.05, 0) is 24.3 Å². The molecule has 8 heteroatoms. The highest BCUT2D eigenvalue weighted by molar-refractivity contribution is 6.36. The average Bonchev–Trinajstić information content (AvgIpc) is 3.04. The van der Waals surface area contributed by atoms with Crippen molar-refractivity contribution in [1.82, 2.24) is 14.8 Å². The summed E-state index contributed by atoms with van der Waals surface area (Å²) in [4.78, 5) is 20.5. The van der Waals surface area contributed by atoms with Crippen molar-refractivity contribution in [3.63, 3.8) is 0 Å². The van der Waals surface area contributed by atoms with E-state index in [2.05, 4.69) is 15.1 Å². The molecule has 0 saturated heterocycles. The van der Waals surface area contributed by atoms with Crippen molar-refractivity contribution in [2.75, 3.05) is 0 Å². The van der Waals surface area contributed by atoms with Gasteiger partial charge < -0.3 is 4.74 Å². The predicted octanol–water partition coefficient (Wildman–Crippen LogP) is 3.99. The molecule has 6 nitrogen and oxygen atoms in total. The summed E-state index contributed by atoms with van der Waals surface area (Å²) in [6.07, 6.45) is 0.438. The Kier molecular flexibility index (Phi) is 4.22. The molecule has 0 N–H and O–H groups in total. The van der Waals surface area contributed by atoms with Crippen LogP contribution in [0.4, 0.5) is 0 Å². The number of rotatable bonds is 2. The van der Waals surface area contributed by atoms with Gasteiger partial charge >= 0.3 is 5.97 Å². The van der Waals surface area contributed by atoms with Crippen LogP contribution in [0.15, 0.2) is 53.8 Å². The zero-order valence-corrected chi connectivity index (χ0v) is 15.1. The lowest BCUT2D eigenvalue weighted by atomic mass is 10.0. The number of ether oxygens (including phenoxy) is 1. The van der Waals surface area contributed by atoms with E-state index in [1.807, 2.05) is 24.3 Å². The second-order valence-corrected chi connectivity index (χ2v) is 6.45. The van der Waals surface area contributed by atoms with Crippen LogP contribution >= 0.6 is 23.2 Å². The smallest absolute Gasteiger partial charge is 0.304 e. The number of benzene rings is 2. The van der Waals surface area contributed by atoms with E-state index in [0.29, 0.717) is 32.7 Å². The van der Waals surface area contributed by atoms with Crippen LogP contribution < -0.4 is 0 Å². The second kappa shape index (κ2) is 6.55. The van der Waals surface area contributed by atoms with E-state index in [9.17, 15) is 4.79 Å². The number of hydrogen-bond donors (Lipinski definition) is 0. The molecule has 130 valence electrons. The van der Waals surface area contributed by atoms with Gasteiger partial charge in [-0.3, -0.25) is 4.79 Å². The molecule has 4 rings (SSSR count). The molecule has 1 unspecified atom stereocenters. The molecular formula is C18H12Cl2N4O2. The molecule has 0 saturated carbocycles. The van der Waals surface area contributed by atoms with Gasteiger partial charge in [-0.25, -0.2) is 14.7 Å². The lowest BCUT2D eigenvalue weighted by molar-refractivity contribution is -0.146. The minimum Gasteiger partial charge on any atom is -0.432 e. The fraction of sp³-hybridized carbons (Fsp3) is 0.111. The molecule has 1 aromatic heterocycles. The molecule has 0 aliphatic carbocycles. The van der Waals surface area contributed by atoms with Gasteiger partial charge in [0.15, 0.2) is 5.82 Å². The lowest BCUT2D eigenvalue weighted by Gasteiger charge is -2.12. The maximum atomic E-state index is 11.6. The summed E-state index contributed by atoms with van der Waals surface area (Å²) in [5.41, 5.74) is 2.68. The molecule has 0 bridgehead atoms. The van der Waals surface area contributed by atoms with Crippen molar-refractivity contribution < 1.29 is 9.53 Å². The average molecular weight is 387 g/mol. The third kappa shape index (κ3) is 2.87. The van der Waals surface area contributed by atoms with E-state index in [1.165, 1.54) is 13.3 Å². The Morgan fingerprint density at radius 3 is 2.73 bits per heavy atom. The van der Waals surface area contributed by atoms with E-state index in [-0.39, 0.29) is 0 Å². The molecule has 1 aliphatic rings. The molecule has 0 spiro atoms. The third-order valence-electron chi connectivity index (χ3n) is 3.89. The van der Waals surface area contributed by atoms with Crippen LogP contribution in [0.2, 0.25) is 10.0 Å².